The summed E-state index contributed by atoms with van der Waals surface area (Å²) >= 11 is 0. The van der Waals surface area contributed by atoms with Crippen LogP contribution in [-0.2, 0) is 14.8 Å². The summed E-state index contributed by atoms with van der Waals surface area (Å²) in [5.74, 6) is -0.510. The number of carbonyl (C=O) groups is 2. The maximum atomic E-state index is 12.5. The molecule has 2 aromatic rings. The third-order valence-corrected chi connectivity index (χ3v) is 7.26. The first-order valence-electron chi connectivity index (χ1n) is 9.72. The second-order valence-electron chi connectivity index (χ2n) is 7.19. The van der Waals surface area contributed by atoms with Gasteiger partial charge in [-0.1, -0.05) is 30.3 Å². The molecule has 0 atom stereocenters. The summed E-state index contributed by atoms with van der Waals surface area (Å²) in [4.78, 5) is 29.0. The van der Waals surface area contributed by atoms with Crippen molar-refractivity contribution in [3.63, 3.8) is 0 Å². The number of piperazine rings is 1. The number of rotatable bonds is 5. The molecule has 0 radical (unpaired) electrons. The van der Waals surface area contributed by atoms with E-state index in [-0.39, 0.29) is 29.3 Å². The summed E-state index contributed by atoms with van der Waals surface area (Å²) in [5.41, 5.74) is 1.35. The Labute approximate surface area is 170 Å². The summed E-state index contributed by atoms with van der Waals surface area (Å²) in [7, 11) is -3.80. The number of anilines is 1. The van der Waals surface area contributed by atoms with Crippen LogP contribution in [0.1, 0.15) is 23.2 Å². The Balaban J connectivity index is 1.29. The van der Waals surface area contributed by atoms with Crippen molar-refractivity contribution in [3.8, 4) is 0 Å². The number of nitrogens with zero attached hydrogens (tertiary/aromatic N) is 3. The SMILES string of the molecule is O=C(CCCN1C(=O)c2ccccc2S1(=O)=O)N1CCN(c2ccccc2)CC1. The minimum Gasteiger partial charge on any atom is -0.368 e. The van der Waals surface area contributed by atoms with Crippen LogP contribution in [0.15, 0.2) is 59.5 Å². The molecule has 8 heteroatoms. The highest BCUT2D eigenvalue weighted by Gasteiger charge is 2.40. The van der Waals surface area contributed by atoms with Gasteiger partial charge in [-0.05, 0) is 30.7 Å². The Morgan fingerprint density at radius 2 is 1.55 bits per heavy atom. The summed E-state index contributed by atoms with van der Waals surface area (Å²) < 4.78 is 26.0. The van der Waals surface area contributed by atoms with Gasteiger partial charge < -0.3 is 9.80 Å². The van der Waals surface area contributed by atoms with Crippen LogP contribution in [0.25, 0.3) is 0 Å². The molecular weight excluding hydrogens is 390 g/mol. The van der Waals surface area contributed by atoms with E-state index >= 15 is 0 Å². The molecule has 2 aliphatic rings. The van der Waals surface area contributed by atoms with E-state index in [9.17, 15) is 18.0 Å². The second-order valence-corrected chi connectivity index (χ2v) is 9.02. The van der Waals surface area contributed by atoms with E-state index in [2.05, 4.69) is 17.0 Å². The average Bonchev–Trinajstić information content (AvgIpc) is 2.95. The van der Waals surface area contributed by atoms with Crippen molar-refractivity contribution in [3.05, 3.63) is 60.2 Å². The maximum Gasteiger partial charge on any atom is 0.269 e. The standard InChI is InChI=1S/C21H23N3O4S/c25-20(23-15-13-22(14-16-23)17-7-2-1-3-8-17)11-6-12-24-21(26)18-9-4-5-10-19(18)29(24,27)28/h1-5,7-10H,6,11-16H2. The first-order valence-corrected chi connectivity index (χ1v) is 11.2. The Kier molecular flexibility index (Phi) is 5.27. The van der Waals surface area contributed by atoms with Gasteiger partial charge in [0, 0.05) is 44.8 Å². The van der Waals surface area contributed by atoms with Crippen molar-refractivity contribution in [2.45, 2.75) is 17.7 Å². The lowest BCUT2D eigenvalue weighted by Crippen LogP contribution is -2.48. The molecule has 2 amide bonds. The molecule has 152 valence electrons. The number of hydrogen-bond donors (Lipinski definition) is 0. The normalized spacial score (nSPS) is 18.1. The molecule has 0 bridgehead atoms. The van der Waals surface area contributed by atoms with E-state index in [1.165, 1.54) is 12.1 Å². The lowest BCUT2D eigenvalue weighted by molar-refractivity contribution is -0.131. The van der Waals surface area contributed by atoms with E-state index < -0.39 is 15.9 Å². The van der Waals surface area contributed by atoms with Crippen molar-refractivity contribution < 1.29 is 18.0 Å². The Morgan fingerprint density at radius 1 is 0.897 bits per heavy atom. The van der Waals surface area contributed by atoms with Gasteiger partial charge in [0.2, 0.25) is 5.91 Å². The number of fused-ring (bicyclic) bond motifs is 1. The fraction of sp³-hybridized carbons (Fsp3) is 0.333. The first kappa shape index (κ1) is 19.4. The van der Waals surface area contributed by atoms with Gasteiger partial charge >= 0.3 is 0 Å². The van der Waals surface area contributed by atoms with E-state index in [0.29, 0.717) is 19.5 Å². The lowest BCUT2D eigenvalue weighted by Gasteiger charge is -2.36. The van der Waals surface area contributed by atoms with Gasteiger partial charge in [0.1, 0.15) is 4.90 Å². The van der Waals surface area contributed by atoms with E-state index in [4.69, 9.17) is 0 Å². The van der Waals surface area contributed by atoms with Crippen LogP contribution in [0, 0.1) is 0 Å². The summed E-state index contributed by atoms with van der Waals surface area (Å²) in [5, 5.41) is 0. The molecule has 0 aliphatic carbocycles. The van der Waals surface area contributed by atoms with E-state index in [1.807, 2.05) is 23.1 Å². The molecule has 4 rings (SSSR count). The number of amides is 2. The zero-order valence-electron chi connectivity index (χ0n) is 16.0. The molecule has 29 heavy (non-hydrogen) atoms. The molecule has 0 aromatic heterocycles. The first-order chi connectivity index (χ1) is 14.0. The highest BCUT2D eigenvalue weighted by molar-refractivity contribution is 7.90. The van der Waals surface area contributed by atoms with Gasteiger partial charge in [0.05, 0.1) is 5.56 Å². The molecule has 0 unspecified atom stereocenters. The zero-order chi connectivity index (χ0) is 20.4. The van der Waals surface area contributed by atoms with Crippen LogP contribution < -0.4 is 4.90 Å². The van der Waals surface area contributed by atoms with Crippen molar-refractivity contribution >= 4 is 27.5 Å². The quantitative estimate of drug-likeness (QED) is 0.749. The minimum atomic E-state index is -3.80. The molecule has 1 fully saturated rings. The molecular formula is C21H23N3O4S. The monoisotopic (exact) mass is 413 g/mol. The molecule has 2 aliphatic heterocycles. The third-order valence-electron chi connectivity index (χ3n) is 5.42. The Bertz CT molecular complexity index is 1020. The van der Waals surface area contributed by atoms with Crippen molar-refractivity contribution in [2.24, 2.45) is 0 Å². The van der Waals surface area contributed by atoms with Crippen LogP contribution in [0.4, 0.5) is 5.69 Å². The molecule has 1 saturated heterocycles. The predicted molar refractivity (Wildman–Crippen MR) is 109 cm³/mol. The number of benzene rings is 2. The van der Waals surface area contributed by atoms with E-state index in [1.54, 1.807) is 12.1 Å². The molecule has 2 aromatic carbocycles. The van der Waals surface area contributed by atoms with Crippen molar-refractivity contribution in [2.75, 3.05) is 37.6 Å². The maximum absolute atomic E-state index is 12.5. The number of sulfonamides is 1. The largest absolute Gasteiger partial charge is 0.368 e. The van der Waals surface area contributed by atoms with Gasteiger partial charge in [0.25, 0.3) is 15.9 Å². The number of hydrogen-bond acceptors (Lipinski definition) is 5. The molecule has 0 spiro atoms. The number of para-hydroxylation sites is 1. The summed E-state index contributed by atoms with van der Waals surface area (Å²) in [6.45, 7) is 2.83. The summed E-state index contributed by atoms with van der Waals surface area (Å²) in [6.07, 6.45) is 0.539. The molecule has 0 N–H and O–H groups in total. The Hall–Kier alpha value is -2.87. The smallest absolute Gasteiger partial charge is 0.269 e. The molecule has 7 nitrogen and oxygen atoms in total. The highest BCUT2D eigenvalue weighted by Crippen LogP contribution is 2.30. The van der Waals surface area contributed by atoms with Gasteiger partial charge in [-0.15, -0.1) is 0 Å². The topological polar surface area (TPSA) is 78.0 Å². The molecule has 2 heterocycles. The van der Waals surface area contributed by atoms with Gasteiger partial charge in [-0.2, -0.15) is 0 Å². The van der Waals surface area contributed by atoms with Crippen molar-refractivity contribution in [1.29, 1.82) is 0 Å². The summed E-state index contributed by atoms with van der Waals surface area (Å²) in [6, 6.07) is 16.3. The predicted octanol–water partition coefficient (Wildman–Crippen LogP) is 1.96. The van der Waals surface area contributed by atoms with Crippen LogP contribution in [0.5, 0.6) is 0 Å². The van der Waals surface area contributed by atoms with Crippen LogP contribution >= 0.6 is 0 Å². The Morgan fingerprint density at radius 3 is 2.24 bits per heavy atom. The third kappa shape index (κ3) is 3.72. The lowest BCUT2D eigenvalue weighted by atomic mass is 10.2. The van der Waals surface area contributed by atoms with Crippen LogP contribution in [-0.4, -0.2) is 62.2 Å². The fourth-order valence-corrected chi connectivity index (χ4v) is 5.44. The zero-order valence-corrected chi connectivity index (χ0v) is 16.8. The van der Waals surface area contributed by atoms with Crippen LogP contribution in [0.3, 0.4) is 0 Å². The number of carbonyl (C=O) groups excluding carboxylic acids is 2. The minimum absolute atomic E-state index is 0.000676. The highest BCUT2D eigenvalue weighted by atomic mass is 32.2. The fourth-order valence-electron chi connectivity index (χ4n) is 3.84. The van der Waals surface area contributed by atoms with Gasteiger partial charge in [0.15, 0.2) is 0 Å². The van der Waals surface area contributed by atoms with Gasteiger partial charge in [-0.3, -0.25) is 9.59 Å². The molecule has 0 saturated carbocycles. The van der Waals surface area contributed by atoms with Crippen LogP contribution in [0.2, 0.25) is 0 Å². The van der Waals surface area contributed by atoms with E-state index in [0.717, 1.165) is 23.1 Å². The van der Waals surface area contributed by atoms with Crippen molar-refractivity contribution in [1.82, 2.24) is 9.21 Å². The van der Waals surface area contributed by atoms with Gasteiger partial charge in [-0.25, -0.2) is 12.7 Å². The average molecular weight is 413 g/mol. The second kappa shape index (κ2) is 7.87.